The van der Waals surface area contributed by atoms with Crippen molar-refractivity contribution in [2.24, 2.45) is 0 Å². The van der Waals surface area contributed by atoms with E-state index in [0.29, 0.717) is 26.2 Å². The number of hydrogen-bond acceptors (Lipinski definition) is 8. The van der Waals surface area contributed by atoms with Crippen LogP contribution in [0.1, 0.15) is 30.8 Å². The minimum Gasteiger partial charge on any atom is -0.502 e. The molecular formula is C21H28N2O6Y-2. The van der Waals surface area contributed by atoms with Gasteiger partial charge in [0.05, 0.1) is 25.6 Å². The summed E-state index contributed by atoms with van der Waals surface area (Å²) in [7, 11) is 0. The SMILES string of the molecule is [CH2-]CN(CCCCCN(C[CH2-])Cc1occc(=O)c1O)Cc1occc(=O)c1O.[Y]. The zero-order chi connectivity index (χ0) is 21.2. The van der Waals surface area contributed by atoms with Crippen LogP contribution < -0.4 is 10.9 Å². The van der Waals surface area contributed by atoms with Crippen molar-refractivity contribution in [1.29, 1.82) is 0 Å². The van der Waals surface area contributed by atoms with Gasteiger partial charge < -0.3 is 42.7 Å². The van der Waals surface area contributed by atoms with Gasteiger partial charge in [-0.25, -0.2) is 0 Å². The van der Waals surface area contributed by atoms with Gasteiger partial charge in [-0.3, -0.25) is 9.59 Å². The van der Waals surface area contributed by atoms with Gasteiger partial charge in [0, 0.05) is 44.8 Å². The third-order valence-corrected chi connectivity index (χ3v) is 4.67. The second-order valence-corrected chi connectivity index (χ2v) is 6.73. The quantitative estimate of drug-likeness (QED) is 0.342. The van der Waals surface area contributed by atoms with Gasteiger partial charge in [0.1, 0.15) is 0 Å². The first-order valence-corrected chi connectivity index (χ1v) is 9.58. The minimum atomic E-state index is -0.455. The van der Waals surface area contributed by atoms with Gasteiger partial charge in [0.25, 0.3) is 0 Å². The maximum atomic E-state index is 11.5. The van der Waals surface area contributed by atoms with E-state index in [9.17, 15) is 19.8 Å². The molecule has 1 radical (unpaired) electrons. The normalized spacial score (nSPS) is 11.1. The van der Waals surface area contributed by atoms with E-state index in [1.54, 1.807) is 0 Å². The van der Waals surface area contributed by atoms with Crippen LogP contribution in [0.25, 0.3) is 0 Å². The van der Waals surface area contributed by atoms with E-state index in [1.165, 1.54) is 24.7 Å². The van der Waals surface area contributed by atoms with Crippen LogP contribution in [0.15, 0.2) is 43.1 Å². The molecule has 0 aliphatic carbocycles. The Balaban J connectivity index is 0.00000450. The third kappa shape index (κ3) is 7.98. The van der Waals surface area contributed by atoms with Crippen LogP contribution in [0.2, 0.25) is 0 Å². The van der Waals surface area contributed by atoms with Gasteiger partial charge in [-0.05, 0) is 25.9 Å². The van der Waals surface area contributed by atoms with E-state index in [1.807, 2.05) is 9.80 Å². The summed E-state index contributed by atoms with van der Waals surface area (Å²) in [6.07, 6.45) is 5.31. The Morgan fingerprint density at radius 1 is 0.767 bits per heavy atom. The summed E-state index contributed by atoms with van der Waals surface area (Å²) in [6.45, 7) is 11.0. The first-order valence-electron chi connectivity index (χ1n) is 9.58. The molecule has 0 unspecified atom stereocenters. The standard InChI is InChI=1S/C21H28N2O6.Y/c1-3-22(14-18-20(26)16(24)8-12-28-18)10-6-5-7-11-23(4-2)15-19-21(27)17(25)9-13-29-19;/h8-9,12-13,26-27H,1-7,10-11,14-15H2;/q-2;. The molecule has 0 atom stereocenters. The maximum absolute atomic E-state index is 11.5. The maximum Gasteiger partial charge on any atom is 0.226 e. The first-order chi connectivity index (χ1) is 14.0. The van der Waals surface area contributed by atoms with Crippen LogP contribution in [-0.4, -0.2) is 46.2 Å². The molecule has 163 valence electrons. The Morgan fingerprint density at radius 2 is 1.17 bits per heavy atom. The summed E-state index contributed by atoms with van der Waals surface area (Å²) in [6, 6.07) is 2.37. The van der Waals surface area contributed by atoms with Crippen molar-refractivity contribution in [3.63, 3.8) is 0 Å². The number of nitrogens with zero attached hydrogens (tertiary/aromatic N) is 2. The van der Waals surface area contributed by atoms with Crippen LogP contribution in [-0.2, 0) is 45.8 Å². The number of rotatable bonds is 12. The summed E-state index contributed by atoms with van der Waals surface area (Å²) in [5, 5.41) is 19.6. The molecule has 0 saturated heterocycles. The second kappa shape index (κ2) is 13.8. The van der Waals surface area contributed by atoms with Crippen LogP contribution >= 0.6 is 0 Å². The number of hydrogen-bond donors (Lipinski definition) is 2. The molecule has 0 aliphatic heterocycles. The van der Waals surface area contributed by atoms with Gasteiger partial charge in [0.2, 0.25) is 22.4 Å². The molecule has 0 saturated carbocycles. The number of unbranched alkanes of at least 4 members (excludes halogenated alkanes) is 2. The molecule has 0 aliphatic rings. The average molecular weight is 493 g/mol. The van der Waals surface area contributed by atoms with Crippen molar-refractivity contribution < 1.29 is 51.8 Å². The van der Waals surface area contributed by atoms with Crippen LogP contribution in [0.3, 0.4) is 0 Å². The Bertz CT molecular complexity index is 811. The molecule has 0 fully saturated rings. The Labute approximate surface area is 201 Å². The predicted octanol–water partition coefficient (Wildman–Crippen LogP) is 2.14. The summed E-state index contributed by atoms with van der Waals surface area (Å²) < 4.78 is 10.5. The van der Waals surface area contributed by atoms with Gasteiger partial charge in [-0.15, -0.1) is 13.1 Å². The fourth-order valence-corrected chi connectivity index (χ4v) is 2.92. The van der Waals surface area contributed by atoms with Gasteiger partial charge >= 0.3 is 0 Å². The van der Waals surface area contributed by atoms with E-state index >= 15 is 0 Å². The summed E-state index contributed by atoms with van der Waals surface area (Å²) in [5.74, 6) is -0.220. The number of aromatic hydroxyl groups is 2. The third-order valence-electron chi connectivity index (χ3n) is 4.67. The van der Waals surface area contributed by atoms with Crippen molar-refractivity contribution in [2.75, 3.05) is 26.2 Å². The smallest absolute Gasteiger partial charge is 0.226 e. The van der Waals surface area contributed by atoms with Crippen molar-refractivity contribution in [3.8, 4) is 11.5 Å². The minimum absolute atomic E-state index is 0. The summed E-state index contributed by atoms with van der Waals surface area (Å²) in [5.41, 5.74) is -0.910. The molecule has 0 bridgehead atoms. The van der Waals surface area contributed by atoms with Gasteiger partial charge in [-0.1, -0.05) is 6.42 Å². The van der Waals surface area contributed by atoms with E-state index in [2.05, 4.69) is 13.8 Å². The Morgan fingerprint density at radius 3 is 1.53 bits per heavy atom. The largest absolute Gasteiger partial charge is 0.502 e. The molecule has 2 N–H and O–H groups in total. The van der Waals surface area contributed by atoms with Crippen molar-refractivity contribution in [2.45, 2.75) is 32.4 Å². The fraction of sp³-hybridized carbons (Fsp3) is 0.429. The van der Waals surface area contributed by atoms with E-state index in [0.717, 1.165) is 32.4 Å². The zero-order valence-electron chi connectivity index (χ0n) is 17.1. The topological polar surface area (TPSA) is 107 Å². The van der Waals surface area contributed by atoms with Gasteiger partial charge in [0.15, 0.2) is 11.5 Å². The van der Waals surface area contributed by atoms with E-state index in [4.69, 9.17) is 8.83 Å². The molecule has 9 heteroatoms. The molecular weight excluding hydrogens is 465 g/mol. The average Bonchev–Trinajstić information content (AvgIpc) is 2.72. The monoisotopic (exact) mass is 493 g/mol. The molecule has 2 aromatic rings. The summed E-state index contributed by atoms with van der Waals surface area (Å²) >= 11 is 0. The molecule has 2 heterocycles. The molecule has 0 spiro atoms. The molecule has 30 heavy (non-hydrogen) atoms. The molecule has 0 aromatic carbocycles. The van der Waals surface area contributed by atoms with Crippen LogP contribution in [0, 0.1) is 13.8 Å². The first kappa shape index (κ1) is 26.6. The van der Waals surface area contributed by atoms with Crippen molar-refractivity contribution in [3.05, 3.63) is 70.5 Å². The van der Waals surface area contributed by atoms with E-state index < -0.39 is 10.9 Å². The molecule has 0 amide bonds. The van der Waals surface area contributed by atoms with E-state index in [-0.39, 0.29) is 55.7 Å². The van der Waals surface area contributed by atoms with Crippen molar-refractivity contribution >= 4 is 0 Å². The van der Waals surface area contributed by atoms with Crippen LogP contribution in [0.5, 0.6) is 11.5 Å². The molecule has 8 nitrogen and oxygen atoms in total. The molecule has 2 rings (SSSR count). The predicted molar refractivity (Wildman–Crippen MR) is 108 cm³/mol. The van der Waals surface area contributed by atoms with Gasteiger partial charge in [-0.2, -0.15) is 0 Å². The van der Waals surface area contributed by atoms with Crippen molar-refractivity contribution in [1.82, 2.24) is 9.80 Å². The zero-order valence-corrected chi connectivity index (χ0v) is 19.9. The fourth-order valence-electron chi connectivity index (χ4n) is 2.92. The Kier molecular flexibility index (Phi) is 12.2. The van der Waals surface area contributed by atoms with Crippen LogP contribution in [0.4, 0.5) is 0 Å². The second-order valence-electron chi connectivity index (χ2n) is 6.73. The Hall–Kier alpha value is -1.48. The molecule has 2 aromatic heterocycles. The summed E-state index contributed by atoms with van der Waals surface area (Å²) in [4.78, 5) is 26.9.